The summed E-state index contributed by atoms with van der Waals surface area (Å²) in [5, 5.41) is 13.6. The van der Waals surface area contributed by atoms with Crippen molar-refractivity contribution in [3.63, 3.8) is 0 Å². The second-order valence-electron chi connectivity index (χ2n) is 5.24. The van der Waals surface area contributed by atoms with Crippen LogP contribution in [0.2, 0.25) is 5.02 Å². The molecule has 5 nitrogen and oxygen atoms in total. The van der Waals surface area contributed by atoms with Gasteiger partial charge in [-0.05, 0) is 36.8 Å². The predicted molar refractivity (Wildman–Crippen MR) is 85.4 cm³/mol. The van der Waals surface area contributed by atoms with E-state index in [1.807, 2.05) is 0 Å². The Morgan fingerprint density at radius 1 is 1.24 bits per heavy atom. The Balaban J connectivity index is 2.27. The van der Waals surface area contributed by atoms with E-state index in [1.54, 1.807) is 0 Å². The van der Waals surface area contributed by atoms with Gasteiger partial charge < -0.3 is 5.32 Å². The lowest BCUT2D eigenvalue weighted by molar-refractivity contribution is -0.385. The number of benzene rings is 2. The monoisotopic (exact) mass is 372 g/mol. The van der Waals surface area contributed by atoms with Crippen LogP contribution in [0.25, 0.3) is 0 Å². The lowest BCUT2D eigenvalue weighted by atomic mass is 10.0. The van der Waals surface area contributed by atoms with Gasteiger partial charge in [0.05, 0.1) is 16.5 Å². The molecule has 2 aromatic rings. The van der Waals surface area contributed by atoms with E-state index < -0.39 is 34.3 Å². The molecule has 9 heteroatoms. The number of nitro groups is 1. The number of rotatable bonds is 4. The third-order valence-electron chi connectivity index (χ3n) is 3.46. The fourth-order valence-corrected chi connectivity index (χ4v) is 2.36. The summed E-state index contributed by atoms with van der Waals surface area (Å²) in [5.74, 6) is -0.806. The first-order chi connectivity index (χ1) is 11.6. The molecular formula is C16H12ClF3N2O3. The van der Waals surface area contributed by atoms with E-state index in [4.69, 9.17) is 11.6 Å². The number of halogens is 4. The molecule has 2 aromatic carbocycles. The van der Waals surface area contributed by atoms with Crippen LogP contribution in [-0.4, -0.2) is 10.8 Å². The van der Waals surface area contributed by atoms with E-state index in [2.05, 4.69) is 5.32 Å². The first-order valence-corrected chi connectivity index (χ1v) is 7.39. The minimum atomic E-state index is -4.51. The fourth-order valence-electron chi connectivity index (χ4n) is 2.19. The Hall–Kier alpha value is -2.61. The van der Waals surface area contributed by atoms with Gasteiger partial charge in [-0.3, -0.25) is 14.9 Å². The van der Waals surface area contributed by atoms with Gasteiger partial charge in [0.15, 0.2) is 0 Å². The van der Waals surface area contributed by atoms with Crippen LogP contribution in [-0.2, 0) is 6.18 Å². The average Bonchev–Trinajstić information content (AvgIpc) is 2.53. The maximum absolute atomic E-state index is 12.8. The Morgan fingerprint density at radius 3 is 2.52 bits per heavy atom. The molecule has 1 amide bonds. The van der Waals surface area contributed by atoms with Gasteiger partial charge in [-0.25, -0.2) is 0 Å². The average molecular weight is 373 g/mol. The van der Waals surface area contributed by atoms with Gasteiger partial charge in [0, 0.05) is 11.1 Å². The summed E-state index contributed by atoms with van der Waals surface area (Å²) in [4.78, 5) is 22.6. The van der Waals surface area contributed by atoms with E-state index in [-0.39, 0.29) is 16.1 Å². The predicted octanol–water partition coefficient (Wildman–Crippen LogP) is 4.76. The Labute approximate surface area is 145 Å². The molecule has 132 valence electrons. The number of carbonyl (C=O) groups is 1. The highest BCUT2D eigenvalue weighted by Crippen LogP contribution is 2.31. The largest absolute Gasteiger partial charge is 0.416 e. The number of carbonyl (C=O) groups excluding carboxylic acids is 1. The summed E-state index contributed by atoms with van der Waals surface area (Å²) in [6.07, 6.45) is -4.51. The normalized spacial score (nSPS) is 12.5. The molecule has 1 atom stereocenters. The van der Waals surface area contributed by atoms with Crippen molar-refractivity contribution in [1.82, 2.24) is 5.32 Å². The number of hydrogen-bond acceptors (Lipinski definition) is 3. The highest BCUT2D eigenvalue weighted by atomic mass is 35.5. The standard InChI is InChI=1S/C16H12ClF3N2O3/c1-9(10-3-2-4-11(7-10)16(18,19)20)21-15(23)13-8-12(17)5-6-14(13)22(24)25/h2-9H,1H3,(H,21,23). The van der Waals surface area contributed by atoms with Crippen molar-refractivity contribution >= 4 is 23.2 Å². The number of hydrogen-bond donors (Lipinski definition) is 1. The van der Waals surface area contributed by atoms with E-state index in [0.29, 0.717) is 0 Å². The molecule has 25 heavy (non-hydrogen) atoms. The van der Waals surface area contributed by atoms with E-state index in [0.717, 1.165) is 24.3 Å². The summed E-state index contributed by atoms with van der Waals surface area (Å²) in [5.41, 5.74) is -1.35. The lowest BCUT2D eigenvalue weighted by Gasteiger charge is -2.16. The maximum Gasteiger partial charge on any atom is 0.416 e. The van der Waals surface area contributed by atoms with E-state index >= 15 is 0 Å². The summed E-state index contributed by atoms with van der Waals surface area (Å²) < 4.78 is 38.3. The van der Waals surface area contributed by atoms with Gasteiger partial charge >= 0.3 is 6.18 Å². The Morgan fingerprint density at radius 2 is 1.92 bits per heavy atom. The molecule has 0 fully saturated rings. The van der Waals surface area contributed by atoms with Crippen molar-refractivity contribution in [1.29, 1.82) is 0 Å². The van der Waals surface area contributed by atoms with Crippen molar-refractivity contribution in [3.8, 4) is 0 Å². The smallest absolute Gasteiger partial charge is 0.345 e. The van der Waals surface area contributed by atoms with E-state index in [1.165, 1.54) is 25.1 Å². The minimum Gasteiger partial charge on any atom is -0.345 e. The van der Waals surface area contributed by atoms with Crippen molar-refractivity contribution in [2.75, 3.05) is 0 Å². The molecule has 0 aromatic heterocycles. The summed E-state index contributed by atoms with van der Waals surface area (Å²) in [7, 11) is 0. The van der Waals surface area contributed by atoms with Gasteiger partial charge in [0.1, 0.15) is 5.56 Å². The number of amides is 1. The first kappa shape index (κ1) is 18.7. The van der Waals surface area contributed by atoms with Crippen molar-refractivity contribution in [2.45, 2.75) is 19.1 Å². The van der Waals surface area contributed by atoms with Gasteiger partial charge in [-0.2, -0.15) is 13.2 Å². The molecule has 0 radical (unpaired) electrons. The first-order valence-electron chi connectivity index (χ1n) is 7.01. The summed E-state index contributed by atoms with van der Waals surface area (Å²) >= 11 is 5.76. The molecule has 0 aliphatic rings. The highest BCUT2D eigenvalue weighted by molar-refractivity contribution is 6.31. The van der Waals surface area contributed by atoms with Crippen molar-refractivity contribution in [3.05, 3.63) is 74.3 Å². The van der Waals surface area contributed by atoms with Crippen LogP contribution >= 0.6 is 11.6 Å². The summed E-state index contributed by atoms with van der Waals surface area (Å²) in [6.45, 7) is 1.48. The number of nitrogens with one attached hydrogen (secondary N) is 1. The molecule has 0 saturated carbocycles. The third-order valence-corrected chi connectivity index (χ3v) is 3.70. The molecular weight excluding hydrogens is 361 g/mol. The summed E-state index contributed by atoms with van der Waals surface area (Å²) in [6, 6.07) is 7.17. The molecule has 2 rings (SSSR count). The number of nitrogens with zero attached hydrogens (tertiary/aromatic N) is 1. The van der Waals surface area contributed by atoms with Gasteiger partial charge in [0.25, 0.3) is 11.6 Å². The van der Waals surface area contributed by atoms with Gasteiger partial charge in [-0.15, -0.1) is 0 Å². The van der Waals surface area contributed by atoms with Gasteiger partial charge in [-0.1, -0.05) is 23.7 Å². The SMILES string of the molecule is CC(NC(=O)c1cc(Cl)ccc1[N+](=O)[O-])c1cccc(C(F)(F)F)c1. The van der Waals surface area contributed by atoms with Crippen LogP contribution in [0.5, 0.6) is 0 Å². The van der Waals surface area contributed by atoms with E-state index in [9.17, 15) is 28.1 Å². The highest BCUT2D eigenvalue weighted by Gasteiger charge is 2.31. The molecule has 0 saturated heterocycles. The van der Waals surface area contributed by atoms with Crippen LogP contribution in [0.1, 0.15) is 34.5 Å². The second-order valence-corrected chi connectivity index (χ2v) is 5.67. The Bertz CT molecular complexity index is 825. The molecule has 0 spiro atoms. The zero-order valence-electron chi connectivity index (χ0n) is 12.8. The molecule has 1 N–H and O–H groups in total. The third kappa shape index (κ3) is 4.48. The maximum atomic E-state index is 12.8. The fraction of sp³-hybridized carbons (Fsp3) is 0.188. The second kappa shape index (κ2) is 7.10. The molecule has 0 heterocycles. The zero-order valence-corrected chi connectivity index (χ0v) is 13.6. The van der Waals surface area contributed by atoms with Crippen LogP contribution in [0.4, 0.5) is 18.9 Å². The molecule has 0 aliphatic carbocycles. The topological polar surface area (TPSA) is 72.2 Å². The zero-order chi connectivity index (χ0) is 18.8. The quantitative estimate of drug-likeness (QED) is 0.621. The van der Waals surface area contributed by atoms with Crippen LogP contribution in [0, 0.1) is 10.1 Å². The minimum absolute atomic E-state index is 0.127. The van der Waals surface area contributed by atoms with Crippen molar-refractivity contribution < 1.29 is 22.9 Å². The molecule has 0 bridgehead atoms. The number of alkyl halides is 3. The molecule has 0 aliphatic heterocycles. The van der Waals surface area contributed by atoms with Crippen LogP contribution in [0.15, 0.2) is 42.5 Å². The molecule has 1 unspecified atom stereocenters. The Kier molecular flexibility index (Phi) is 5.32. The van der Waals surface area contributed by atoms with Crippen LogP contribution < -0.4 is 5.32 Å². The van der Waals surface area contributed by atoms with Gasteiger partial charge in [0.2, 0.25) is 0 Å². The number of nitro benzene ring substituents is 1. The van der Waals surface area contributed by atoms with Crippen LogP contribution in [0.3, 0.4) is 0 Å². The van der Waals surface area contributed by atoms with Crippen molar-refractivity contribution in [2.24, 2.45) is 0 Å². The lowest BCUT2D eigenvalue weighted by Crippen LogP contribution is -2.27.